The number of para-hydroxylation sites is 1. The molecule has 0 aliphatic rings. The van der Waals surface area contributed by atoms with Crippen LogP contribution in [0.25, 0.3) is 11.3 Å². The number of halogens is 2. The fraction of sp³-hybridized carbons (Fsp3) is 0.0556. The lowest BCUT2D eigenvalue weighted by molar-refractivity contribution is -0.118. The molecular formula is C18H13Cl2N3O3. The van der Waals surface area contributed by atoms with Crippen LogP contribution < -0.4 is 15.6 Å². The first kappa shape index (κ1) is 18.0. The minimum Gasteiger partial charge on any atom is -0.482 e. The van der Waals surface area contributed by atoms with Crippen LogP contribution in [0.1, 0.15) is 0 Å². The molecule has 0 fully saturated rings. The van der Waals surface area contributed by atoms with E-state index in [9.17, 15) is 9.59 Å². The lowest BCUT2D eigenvalue weighted by atomic mass is 10.1. The van der Waals surface area contributed by atoms with Crippen molar-refractivity contribution >= 4 is 34.8 Å². The van der Waals surface area contributed by atoms with Crippen molar-refractivity contribution in [1.29, 1.82) is 0 Å². The molecule has 0 saturated carbocycles. The topological polar surface area (TPSA) is 84.1 Å². The summed E-state index contributed by atoms with van der Waals surface area (Å²) in [5, 5.41) is 9.91. The standard InChI is InChI=1S/C18H13Cl2N3O3/c19-11-5-7-16(13(20)9-11)26-10-18(25)21-14-4-2-1-3-12(14)15-6-8-17(24)23-22-15/h1-9H,10H2,(H,21,25)(H,23,24). The summed E-state index contributed by atoms with van der Waals surface area (Å²) in [4.78, 5) is 23.4. The van der Waals surface area contributed by atoms with Gasteiger partial charge < -0.3 is 10.1 Å². The van der Waals surface area contributed by atoms with E-state index >= 15 is 0 Å². The van der Waals surface area contributed by atoms with Crippen LogP contribution in [-0.2, 0) is 4.79 Å². The van der Waals surface area contributed by atoms with Gasteiger partial charge in [0, 0.05) is 16.7 Å². The van der Waals surface area contributed by atoms with Crippen molar-refractivity contribution in [2.24, 2.45) is 0 Å². The highest BCUT2D eigenvalue weighted by atomic mass is 35.5. The number of nitrogens with one attached hydrogen (secondary N) is 2. The van der Waals surface area contributed by atoms with Gasteiger partial charge in [-0.2, -0.15) is 5.10 Å². The van der Waals surface area contributed by atoms with Crippen LogP contribution in [0.4, 0.5) is 5.69 Å². The smallest absolute Gasteiger partial charge is 0.264 e. The number of ether oxygens (including phenoxy) is 1. The Hall–Kier alpha value is -2.83. The molecule has 0 spiro atoms. The molecule has 132 valence electrons. The molecule has 0 radical (unpaired) electrons. The zero-order valence-corrected chi connectivity index (χ0v) is 14.8. The number of carbonyl (C=O) groups excluding carboxylic acids is 1. The molecule has 26 heavy (non-hydrogen) atoms. The van der Waals surface area contributed by atoms with Crippen molar-refractivity contribution in [3.63, 3.8) is 0 Å². The van der Waals surface area contributed by atoms with Crippen LogP contribution in [0.5, 0.6) is 5.75 Å². The number of aromatic nitrogens is 2. The highest BCUT2D eigenvalue weighted by Gasteiger charge is 2.11. The van der Waals surface area contributed by atoms with Crippen molar-refractivity contribution in [2.45, 2.75) is 0 Å². The predicted octanol–water partition coefficient (Wildman–Crippen LogP) is 3.76. The number of benzene rings is 2. The quantitative estimate of drug-likeness (QED) is 0.695. The van der Waals surface area contributed by atoms with Crippen molar-refractivity contribution in [2.75, 3.05) is 11.9 Å². The average Bonchev–Trinajstić information content (AvgIpc) is 2.62. The van der Waals surface area contributed by atoms with Crippen LogP contribution in [0.3, 0.4) is 0 Å². The van der Waals surface area contributed by atoms with Gasteiger partial charge in [0.15, 0.2) is 6.61 Å². The molecule has 0 aliphatic carbocycles. The van der Waals surface area contributed by atoms with Gasteiger partial charge in [-0.3, -0.25) is 9.59 Å². The second-order valence-corrected chi connectivity index (χ2v) is 6.11. The maximum Gasteiger partial charge on any atom is 0.264 e. The van der Waals surface area contributed by atoms with E-state index in [1.807, 2.05) is 6.07 Å². The number of anilines is 1. The Morgan fingerprint density at radius 1 is 1.12 bits per heavy atom. The number of rotatable bonds is 5. The third kappa shape index (κ3) is 4.41. The maximum atomic E-state index is 12.2. The van der Waals surface area contributed by atoms with E-state index in [-0.39, 0.29) is 18.1 Å². The second kappa shape index (κ2) is 8.03. The molecule has 2 N–H and O–H groups in total. The van der Waals surface area contributed by atoms with Gasteiger partial charge in [-0.05, 0) is 30.3 Å². The van der Waals surface area contributed by atoms with Gasteiger partial charge in [-0.1, -0.05) is 41.4 Å². The Bertz CT molecular complexity index is 984. The molecule has 0 bridgehead atoms. The van der Waals surface area contributed by atoms with Gasteiger partial charge in [0.25, 0.3) is 11.5 Å². The van der Waals surface area contributed by atoms with E-state index in [0.29, 0.717) is 32.7 Å². The van der Waals surface area contributed by atoms with Crippen LogP contribution in [-0.4, -0.2) is 22.7 Å². The molecule has 8 heteroatoms. The highest BCUT2D eigenvalue weighted by molar-refractivity contribution is 6.35. The summed E-state index contributed by atoms with van der Waals surface area (Å²) < 4.78 is 5.42. The Morgan fingerprint density at radius 3 is 2.65 bits per heavy atom. The van der Waals surface area contributed by atoms with Crippen LogP contribution in [0.15, 0.2) is 59.4 Å². The summed E-state index contributed by atoms with van der Waals surface area (Å²) in [6, 6.07) is 14.8. The zero-order valence-electron chi connectivity index (χ0n) is 13.3. The fourth-order valence-corrected chi connectivity index (χ4v) is 2.69. The van der Waals surface area contributed by atoms with E-state index < -0.39 is 0 Å². The van der Waals surface area contributed by atoms with Crippen LogP contribution in [0, 0.1) is 0 Å². The van der Waals surface area contributed by atoms with Gasteiger partial charge in [-0.15, -0.1) is 0 Å². The first-order valence-electron chi connectivity index (χ1n) is 7.56. The molecule has 3 rings (SSSR count). The molecule has 0 aliphatic heterocycles. The average molecular weight is 390 g/mol. The van der Waals surface area contributed by atoms with Gasteiger partial charge >= 0.3 is 0 Å². The molecule has 2 aromatic carbocycles. The third-order valence-corrected chi connectivity index (χ3v) is 3.94. The van der Waals surface area contributed by atoms with E-state index in [0.717, 1.165) is 0 Å². The Balaban J connectivity index is 1.71. The number of nitrogens with zero attached hydrogens (tertiary/aromatic N) is 1. The summed E-state index contributed by atoms with van der Waals surface area (Å²) in [5.41, 5.74) is 1.44. The molecule has 1 heterocycles. The Morgan fingerprint density at radius 2 is 1.92 bits per heavy atom. The van der Waals surface area contributed by atoms with Gasteiger partial charge in [0.2, 0.25) is 0 Å². The second-order valence-electron chi connectivity index (χ2n) is 5.26. The minimum atomic E-state index is -0.368. The monoisotopic (exact) mass is 389 g/mol. The molecule has 0 unspecified atom stereocenters. The fourth-order valence-electron chi connectivity index (χ4n) is 2.23. The Kier molecular flexibility index (Phi) is 5.55. The van der Waals surface area contributed by atoms with Crippen LogP contribution >= 0.6 is 23.2 Å². The molecule has 0 saturated heterocycles. The van der Waals surface area contributed by atoms with Crippen molar-refractivity contribution in [3.05, 3.63) is 75.0 Å². The largest absolute Gasteiger partial charge is 0.482 e. The highest BCUT2D eigenvalue weighted by Crippen LogP contribution is 2.28. The number of hydrogen-bond acceptors (Lipinski definition) is 4. The van der Waals surface area contributed by atoms with E-state index in [2.05, 4.69) is 15.5 Å². The SMILES string of the molecule is O=C(COc1ccc(Cl)cc1Cl)Nc1ccccc1-c1ccc(=O)[nH]n1. The number of aromatic amines is 1. The van der Waals surface area contributed by atoms with E-state index in [1.165, 1.54) is 12.1 Å². The third-order valence-electron chi connectivity index (χ3n) is 3.41. The number of carbonyl (C=O) groups is 1. The van der Waals surface area contributed by atoms with E-state index in [1.54, 1.807) is 36.4 Å². The number of amides is 1. The summed E-state index contributed by atoms with van der Waals surface area (Å²) in [5.74, 6) is -0.00491. The first-order chi connectivity index (χ1) is 12.5. The summed E-state index contributed by atoms with van der Waals surface area (Å²) in [7, 11) is 0. The predicted molar refractivity (Wildman–Crippen MR) is 101 cm³/mol. The molecule has 6 nitrogen and oxygen atoms in total. The van der Waals surface area contributed by atoms with Gasteiger partial charge in [-0.25, -0.2) is 5.10 Å². The molecule has 1 aromatic heterocycles. The number of H-pyrrole nitrogens is 1. The minimum absolute atomic E-state index is 0.227. The summed E-state index contributed by atoms with van der Waals surface area (Å²) in [6.45, 7) is -0.227. The normalized spacial score (nSPS) is 10.4. The molecule has 3 aromatic rings. The molecular weight excluding hydrogens is 377 g/mol. The molecule has 1 amide bonds. The molecule has 0 atom stereocenters. The lowest BCUT2D eigenvalue weighted by Crippen LogP contribution is -2.20. The van der Waals surface area contributed by atoms with Crippen molar-refractivity contribution < 1.29 is 9.53 Å². The zero-order chi connectivity index (χ0) is 18.5. The van der Waals surface area contributed by atoms with Crippen molar-refractivity contribution in [1.82, 2.24) is 10.2 Å². The van der Waals surface area contributed by atoms with Crippen LogP contribution in [0.2, 0.25) is 10.0 Å². The van der Waals surface area contributed by atoms with Crippen molar-refractivity contribution in [3.8, 4) is 17.0 Å². The number of hydrogen-bond donors (Lipinski definition) is 2. The van der Waals surface area contributed by atoms with Gasteiger partial charge in [0.05, 0.1) is 16.4 Å². The summed E-state index contributed by atoms with van der Waals surface area (Å²) in [6.07, 6.45) is 0. The maximum absolute atomic E-state index is 12.2. The van der Waals surface area contributed by atoms with E-state index in [4.69, 9.17) is 27.9 Å². The van der Waals surface area contributed by atoms with Gasteiger partial charge in [0.1, 0.15) is 5.75 Å². The Labute approximate surface area is 158 Å². The summed E-state index contributed by atoms with van der Waals surface area (Å²) >= 11 is 11.8. The lowest BCUT2D eigenvalue weighted by Gasteiger charge is -2.12. The first-order valence-corrected chi connectivity index (χ1v) is 8.31.